The Hall–Kier alpha value is -4.68. The summed E-state index contributed by atoms with van der Waals surface area (Å²) in [5, 5.41) is 0. The van der Waals surface area contributed by atoms with Crippen LogP contribution in [-0.4, -0.2) is 0 Å². The summed E-state index contributed by atoms with van der Waals surface area (Å²) in [5.74, 6) is 0. The van der Waals surface area contributed by atoms with Gasteiger partial charge in [0.15, 0.2) is 0 Å². The van der Waals surface area contributed by atoms with Gasteiger partial charge in [-0.3, -0.25) is 0 Å². The summed E-state index contributed by atoms with van der Waals surface area (Å²) >= 11 is 0. The molecule has 0 aromatic heterocycles. The third-order valence-electron chi connectivity index (χ3n) is 16.5. The molecule has 6 aromatic carbocycles. The molecule has 0 amide bonds. The highest BCUT2D eigenvalue weighted by Gasteiger charge is 2.46. The molecule has 9 rings (SSSR count). The maximum Gasteiger partial charge on any atom is 0.0215 e. The molecule has 6 aromatic rings. The lowest BCUT2D eigenvalue weighted by molar-refractivity contribution is 0.434. The maximum absolute atomic E-state index is 2.63. The molecule has 0 unspecified atom stereocenters. The molecule has 0 saturated heterocycles. The number of hydrogen-bond donors (Lipinski definition) is 0. The summed E-state index contributed by atoms with van der Waals surface area (Å²) in [7, 11) is 0. The van der Waals surface area contributed by atoms with Crippen LogP contribution in [0.15, 0.2) is 109 Å². The predicted octanol–water partition coefficient (Wildman–Crippen LogP) is 19.2. The van der Waals surface area contributed by atoms with Gasteiger partial charge >= 0.3 is 0 Å². The van der Waals surface area contributed by atoms with Crippen molar-refractivity contribution >= 4 is 0 Å². The molecule has 0 nitrogen and oxygen atoms in total. The molecule has 0 heterocycles. The van der Waals surface area contributed by atoms with E-state index in [2.05, 4.69) is 192 Å². The van der Waals surface area contributed by atoms with Crippen molar-refractivity contribution < 1.29 is 0 Å². The second kappa shape index (κ2) is 16.9. The first-order chi connectivity index (χ1) is 31.1. The highest BCUT2D eigenvalue weighted by atomic mass is 14.5. The van der Waals surface area contributed by atoms with E-state index in [4.69, 9.17) is 0 Å². The van der Waals surface area contributed by atoms with E-state index in [0.717, 1.165) is 25.7 Å². The lowest BCUT2D eigenvalue weighted by Gasteiger charge is -2.34. The first-order valence-electron chi connectivity index (χ1n) is 26.0. The molecule has 0 N–H and O–H groups in total. The van der Waals surface area contributed by atoms with E-state index in [9.17, 15) is 0 Å². The lowest BCUT2D eigenvalue weighted by atomic mass is 9.69. The number of fused-ring (bicyclic) bond motifs is 9. The molecular formula is C65H78. The van der Waals surface area contributed by atoms with Gasteiger partial charge in [-0.05, 0) is 174 Å². The second-order valence-electron chi connectivity index (χ2n) is 22.8. The number of hydrogen-bond acceptors (Lipinski definition) is 0. The van der Waals surface area contributed by atoms with Crippen LogP contribution in [0.5, 0.6) is 0 Å². The molecule has 0 spiro atoms. The third-order valence-corrected chi connectivity index (χ3v) is 16.5. The van der Waals surface area contributed by atoms with Crippen molar-refractivity contribution in [2.24, 2.45) is 0 Å². The monoisotopic (exact) mass is 859 g/mol. The number of benzene rings is 6. The van der Waals surface area contributed by atoms with Crippen LogP contribution < -0.4 is 0 Å². The molecule has 338 valence electrons. The minimum absolute atomic E-state index is 0.0187. The van der Waals surface area contributed by atoms with Gasteiger partial charge in [-0.15, -0.1) is 0 Å². The van der Waals surface area contributed by atoms with E-state index in [1.807, 2.05) is 0 Å². The molecule has 0 atom stereocenters. The number of rotatable bonds is 14. The smallest absolute Gasteiger partial charge is 0.0215 e. The summed E-state index contributed by atoms with van der Waals surface area (Å²) in [6.45, 7) is 28.5. The Labute approximate surface area is 394 Å². The quantitative estimate of drug-likeness (QED) is 0.102. The van der Waals surface area contributed by atoms with Gasteiger partial charge in [-0.25, -0.2) is 0 Å². The second-order valence-corrected chi connectivity index (χ2v) is 22.8. The molecule has 0 fully saturated rings. The van der Waals surface area contributed by atoms with E-state index in [1.165, 1.54) is 118 Å². The molecule has 0 saturated carbocycles. The average Bonchev–Trinajstić information content (AvgIpc) is 3.81. The summed E-state index contributed by atoms with van der Waals surface area (Å²) < 4.78 is 0. The molecule has 0 aliphatic heterocycles. The summed E-state index contributed by atoms with van der Waals surface area (Å²) in [4.78, 5) is 0. The van der Waals surface area contributed by atoms with Gasteiger partial charge in [-0.2, -0.15) is 0 Å². The van der Waals surface area contributed by atoms with Crippen LogP contribution in [0, 0.1) is 0 Å². The Morgan fingerprint density at radius 2 is 0.477 bits per heavy atom. The van der Waals surface area contributed by atoms with Gasteiger partial charge in [-0.1, -0.05) is 207 Å². The van der Waals surface area contributed by atoms with E-state index in [0.29, 0.717) is 0 Å². The van der Waals surface area contributed by atoms with Crippen LogP contribution in [-0.2, 0) is 27.1 Å². The lowest BCUT2D eigenvalue weighted by Crippen LogP contribution is -2.26. The molecule has 0 bridgehead atoms. The fourth-order valence-corrected chi connectivity index (χ4v) is 13.7. The molecule has 0 radical (unpaired) electrons. The van der Waals surface area contributed by atoms with Crippen LogP contribution in [0.2, 0.25) is 0 Å². The van der Waals surface area contributed by atoms with Crippen LogP contribution >= 0.6 is 0 Å². The van der Waals surface area contributed by atoms with E-state index >= 15 is 0 Å². The van der Waals surface area contributed by atoms with E-state index in [-0.39, 0.29) is 27.1 Å². The van der Waals surface area contributed by atoms with Gasteiger partial charge in [0.2, 0.25) is 0 Å². The van der Waals surface area contributed by atoms with Crippen molar-refractivity contribution in [3.8, 4) is 55.6 Å². The van der Waals surface area contributed by atoms with Gasteiger partial charge in [0, 0.05) is 16.2 Å². The van der Waals surface area contributed by atoms with Crippen molar-refractivity contribution in [2.45, 2.75) is 187 Å². The van der Waals surface area contributed by atoms with Crippen molar-refractivity contribution in [3.63, 3.8) is 0 Å². The summed E-state index contributed by atoms with van der Waals surface area (Å²) in [5.41, 5.74) is 26.7. The average molecular weight is 859 g/mol. The Morgan fingerprint density at radius 3 is 0.677 bits per heavy atom. The van der Waals surface area contributed by atoms with Crippen molar-refractivity contribution in [1.82, 2.24) is 0 Å². The fraction of sp³-hybridized carbons (Fsp3) is 0.446. The topological polar surface area (TPSA) is 0 Å². The van der Waals surface area contributed by atoms with Crippen LogP contribution in [0.3, 0.4) is 0 Å². The fourth-order valence-electron chi connectivity index (χ4n) is 13.7. The van der Waals surface area contributed by atoms with Gasteiger partial charge in [0.25, 0.3) is 0 Å². The Balaban J connectivity index is 1.15. The predicted molar refractivity (Wildman–Crippen MR) is 283 cm³/mol. The summed E-state index contributed by atoms with van der Waals surface area (Å²) in [6, 6.07) is 45.0. The first kappa shape index (κ1) is 45.5. The molecule has 3 aliphatic carbocycles. The van der Waals surface area contributed by atoms with Crippen molar-refractivity contribution in [2.75, 3.05) is 0 Å². The standard InChI is InChI=1S/C65H78/c1-13-31-63(32-14-2)55-37-43(45-21-27-51-53-29-23-47(61(7,8)9)41-59(53)64(33-15-3,34-16-4)57(51)39-45)19-25-49(55)50-26-20-44(38-56(50)63)46-22-28-52-54-30-24-48(62(10,11)12)42-60(54)65(35-17-5,36-18-6)58(52)40-46/h19-30,37-42H,13-18,31-36H2,1-12H3. The van der Waals surface area contributed by atoms with Gasteiger partial charge in [0.05, 0.1) is 0 Å². The zero-order valence-electron chi connectivity index (χ0n) is 42.4. The Kier molecular flexibility index (Phi) is 11.8. The highest BCUT2D eigenvalue weighted by molar-refractivity contribution is 5.90. The van der Waals surface area contributed by atoms with Crippen LogP contribution in [0.4, 0.5) is 0 Å². The first-order valence-corrected chi connectivity index (χ1v) is 26.0. The SMILES string of the molecule is CCCC1(CCC)c2cc(-c3ccc4c(c3)C(CCC)(CCC)c3cc(C(C)(C)C)ccc3-4)ccc2-c2ccc(-c3ccc4c(c3)C(CCC)(CCC)c3cc(C(C)(C)C)ccc3-4)cc21. The van der Waals surface area contributed by atoms with Crippen LogP contribution in [0.1, 0.15) is 205 Å². The normalized spacial score (nSPS) is 15.9. The van der Waals surface area contributed by atoms with Gasteiger partial charge in [0.1, 0.15) is 0 Å². The maximum atomic E-state index is 2.63. The van der Waals surface area contributed by atoms with E-state index < -0.39 is 0 Å². The third kappa shape index (κ3) is 7.13. The Bertz CT molecular complexity index is 2550. The molecule has 0 heteroatoms. The minimum atomic E-state index is -0.0187. The molecule has 65 heavy (non-hydrogen) atoms. The molecular weight excluding hydrogens is 781 g/mol. The largest absolute Gasteiger partial charge is 0.0653 e. The summed E-state index contributed by atoms with van der Waals surface area (Å²) in [6.07, 6.45) is 14.1. The van der Waals surface area contributed by atoms with Crippen molar-refractivity contribution in [3.05, 3.63) is 154 Å². The minimum Gasteiger partial charge on any atom is -0.0653 e. The van der Waals surface area contributed by atoms with E-state index in [1.54, 1.807) is 33.4 Å². The van der Waals surface area contributed by atoms with Gasteiger partial charge < -0.3 is 0 Å². The van der Waals surface area contributed by atoms with Crippen molar-refractivity contribution in [1.29, 1.82) is 0 Å². The zero-order valence-corrected chi connectivity index (χ0v) is 42.4. The zero-order chi connectivity index (χ0) is 46.1. The highest BCUT2D eigenvalue weighted by Crippen LogP contribution is 2.59. The van der Waals surface area contributed by atoms with Crippen LogP contribution in [0.25, 0.3) is 55.6 Å². The Morgan fingerprint density at radius 1 is 0.277 bits per heavy atom. The molecule has 3 aliphatic rings.